The Hall–Kier alpha value is -1.74. The quantitative estimate of drug-likeness (QED) is 0.901. The first kappa shape index (κ1) is 12.7. The average Bonchev–Trinajstić information content (AvgIpc) is 2.64. The van der Waals surface area contributed by atoms with Gasteiger partial charge in [-0.25, -0.2) is 0 Å². The van der Waals surface area contributed by atoms with E-state index in [-0.39, 0.29) is 0 Å². The summed E-state index contributed by atoms with van der Waals surface area (Å²) < 4.78 is 7.66. The number of nitrogens with zero attached hydrogens (tertiary/aromatic N) is 1. The number of nitrogens with two attached hydrogens (primary N) is 1. The smallest absolute Gasteiger partial charge is 0.142 e. The summed E-state index contributed by atoms with van der Waals surface area (Å²) >= 11 is 0. The third kappa shape index (κ3) is 2.02. The van der Waals surface area contributed by atoms with Crippen LogP contribution in [0.5, 0.6) is 5.75 Å². The molecule has 1 aromatic carbocycles. The van der Waals surface area contributed by atoms with E-state index in [4.69, 9.17) is 10.5 Å². The van der Waals surface area contributed by atoms with Gasteiger partial charge in [-0.05, 0) is 50.1 Å². The number of ether oxygens (including phenoxy) is 1. The first-order chi connectivity index (χ1) is 8.58. The van der Waals surface area contributed by atoms with Crippen molar-refractivity contribution in [1.82, 2.24) is 4.57 Å². The summed E-state index contributed by atoms with van der Waals surface area (Å²) in [6, 6.07) is 8.34. The van der Waals surface area contributed by atoms with Gasteiger partial charge in [-0.15, -0.1) is 0 Å². The van der Waals surface area contributed by atoms with Crippen LogP contribution in [0.2, 0.25) is 0 Å². The molecule has 2 N–H and O–H groups in total. The molecule has 3 heteroatoms. The van der Waals surface area contributed by atoms with Crippen LogP contribution < -0.4 is 10.5 Å². The summed E-state index contributed by atoms with van der Waals surface area (Å²) in [5, 5.41) is 0. The largest absolute Gasteiger partial charge is 0.495 e. The molecule has 0 amide bonds. The van der Waals surface area contributed by atoms with Crippen molar-refractivity contribution in [3.05, 3.63) is 46.8 Å². The lowest BCUT2D eigenvalue weighted by Gasteiger charge is -2.15. The Morgan fingerprint density at radius 1 is 1.17 bits per heavy atom. The molecule has 2 aromatic rings. The topological polar surface area (TPSA) is 40.2 Å². The minimum Gasteiger partial charge on any atom is -0.495 e. The Bertz CT molecular complexity index is 570. The van der Waals surface area contributed by atoms with Crippen molar-refractivity contribution in [3.63, 3.8) is 0 Å². The van der Waals surface area contributed by atoms with Gasteiger partial charge in [0.05, 0.1) is 12.8 Å². The highest BCUT2D eigenvalue weighted by atomic mass is 16.5. The molecule has 0 aliphatic rings. The Labute approximate surface area is 108 Å². The maximum Gasteiger partial charge on any atom is 0.142 e. The zero-order valence-corrected chi connectivity index (χ0v) is 11.4. The molecule has 0 aliphatic heterocycles. The molecule has 0 saturated carbocycles. The van der Waals surface area contributed by atoms with Gasteiger partial charge in [0.15, 0.2) is 0 Å². The molecule has 2 rings (SSSR count). The van der Waals surface area contributed by atoms with Crippen molar-refractivity contribution in [2.75, 3.05) is 7.11 Å². The molecule has 0 aliphatic carbocycles. The van der Waals surface area contributed by atoms with Crippen LogP contribution in [0.1, 0.15) is 22.5 Å². The van der Waals surface area contributed by atoms with E-state index in [2.05, 4.69) is 43.5 Å². The Morgan fingerprint density at radius 2 is 1.89 bits per heavy atom. The summed E-state index contributed by atoms with van der Waals surface area (Å²) in [4.78, 5) is 0. The molecule has 18 heavy (non-hydrogen) atoms. The number of benzene rings is 1. The van der Waals surface area contributed by atoms with Crippen molar-refractivity contribution < 1.29 is 4.74 Å². The van der Waals surface area contributed by atoms with Crippen molar-refractivity contribution in [2.24, 2.45) is 5.73 Å². The second-order valence-electron chi connectivity index (χ2n) is 4.61. The second kappa shape index (κ2) is 4.86. The predicted molar refractivity (Wildman–Crippen MR) is 74.4 cm³/mol. The lowest BCUT2D eigenvalue weighted by molar-refractivity contribution is 0.412. The highest BCUT2D eigenvalue weighted by Crippen LogP contribution is 2.28. The molecule has 3 nitrogen and oxygen atoms in total. The van der Waals surface area contributed by atoms with Crippen LogP contribution in [-0.2, 0) is 6.54 Å². The van der Waals surface area contributed by atoms with Crippen LogP contribution >= 0.6 is 0 Å². The minimum absolute atomic E-state index is 0.563. The van der Waals surface area contributed by atoms with Gasteiger partial charge in [0.25, 0.3) is 0 Å². The van der Waals surface area contributed by atoms with Gasteiger partial charge in [-0.3, -0.25) is 0 Å². The van der Waals surface area contributed by atoms with Crippen molar-refractivity contribution in [3.8, 4) is 11.4 Å². The first-order valence-corrected chi connectivity index (χ1v) is 6.11. The van der Waals surface area contributed by atoms with Crippen molar-refractivity contribution in [2.45, 2.75) is 27.3 Å². The molecule has 1 heterocycles. The minimum atomic E-state index is 0.563. The molecular formula is C15H20N2O. The maximum absolute atomic E-state index is 5.77. The number of methoxy groups -OCH3 is 1. The van der Waals surface area contributed by atoms with E-state index >= 15 is 0 Å². The maximum atomic E-state index is 5.77. The van der Waals surface area contributed by atoms with Crippen LogP contribution in [0, 0.1) is 20.8 Å². The lowest BCUT2D eigenvalue weighted by atomic mass is 10.2. The monoisotopic (exact) mass is 244 g/mol. The van der Waals surface area contributed by atoms with Crippen LogP contribution in [0.15, 0.2) is 24.3 Å². The van der Waals surface area contributed by atoms with Gasteiger partial charge in [-0.1, -0.05) is 6.07 Å². The molecule has 0 saturated heterocycles. The van der Waals surface area contributed by atoms with Gasteiger partial charge in [0, 0.05) is 17.9 Å². The molecular weight excluding hydrogens is 224 g/mol. The first-order valence-electron chi connectivity index (χ1n) is 6.11. The van der Waals surface area contributed by atoms with E-state index in [0.29, 0.717) is 6.54 Å². The third-order valence-corrected chi connectivity index (χ3v) is 3.33. The summed E-state index contributed by atoms with van der Waals surface area (Å²) in [5.74, 6) is 0.881. The Kier molecular flexibility index (Phi) is 3.43. The zero-order valence-electron chi connectivity index (χ0n) is 11.4. The average molecular weight is 244 g/mol. The van der Waals surface area contributed by atoms with Gasteiger partial charge < -0.3 is 15.0 Å². The van der Waals surface area contributed by atoms with Gasteiger partial charge in [0.1, 0.15) is 5.75 Å². The summed E-state index contributed by atoms with van der Waals surface area (Å²) in [6.45, 7) is 6.83. The van der Waals surface area contributed by atoms with Crippen LogP contribution in [-0.4, -0.2) is 11.7 Å². The zero-order chi connectivity index (χ0) is 13.3. The van der Waals surface area contributed by atoms with E-state index in [1.165, 1.54) is 22.5 Å². The standard InChI is InChI=1S/C15H20N2O/c1-10-5-6-15(18-4)14(7-10)17-11(2)8-13(9-16)12(17)3/h5-8H,9,16H2,1-4H3. The fourth-order valence-electron chi connectivity index (χ4n) is 2.38. The molecule has 0 bridgehead atoms. The van der Waals surface area contributed by atoms with E-state index in [1.54, 1.807) is 7.11 Å². The molecule has 0 radical (unpaired) electrons. The number of hydrogen-bond acceptors (Lipinski definition) is 2. The summed E-state index contributed by atoms with van der Waals surface area (Å²) in [7, 11) is 1.70. The molecule has 0 unspecified atom stereocenters. The molecule has 0 fully saturated rings. The fourth-order valence-corrected chi connectivity index (χ4v) is 2.38. The molecule has 96 valence electrons. The summed E-state index contributed by atoms with van der Waals surface area (Å²) in [5.41, 5.74) is 11.6. The number of rotatable bonds is 3. The van der Waals surface area contributed by atoms with Crippen LogP contribution in [0.4, 0.5) is 0 Å². The Morgan fingerprint density at radius 3 is 2.44 bits per heavy atom. The normalized spacial score (nSPS) is 10.7. The second-order valence-corrected chi connectivity index (χ2v) is 4.61. The van der Waals surface area contributed by atoms with Crippen molar-refractivity contribution in [1.29, 1.82) is 0 Å². The SMILES string of the molecule is COc1ccc(C)cc1-n1c(C)cc(CN)c1C. The van der Waals surface area contributed by atoms with E-state index in [9.17, 15) is 0 Å². The molecule has 0 spiro atoms. The number of hydrogen-bond donors (Lipinski definition) is 1. The van der Waals surface area contributed by atoms with Gasteiger partial charge in [-0.2, -0.15) is 0 Å². The lowest BCUT2D eigenvalue weighted by Crippen LogP contribution is -2.04. The van der Waals surface area contributed by atoms with E-state index in [0.717, 1.165) is 11.4 Å². The highest BCUT2D eigenvalue weighted by molar-refractivity contribution is 5.52. The highest BCUT2D eigenvalue weighted by Gasteiger charge is 2.13. The number of aryl methyl sites for hydroxylation is 2. The number of aromatic nitrogens is 1. The van der Waals surface area contributed by atoms with Crippen molar-refractivity contribution >= 4 is 0 Å². The molecule has 0 atom stereocenters. The Balaban J connectivity index is 2.68. The van der Waals surface area contributed by atoms with Gasteiger partial charge in [0.2, 0.25) is 0 Å². The fraction of sp³-hybridized carbons (Fsp3) is 0.333. The molecule has 1 aromatic heterocycles. The van der Waals surface area contributed by atoms with Gasteiger partial charge >= 0.3 is 0 Å². The van der Waals surface area contributed by atoms with E-state index in [1.807, 2.05) is 6.07 Å². The van der Waals surface area contributed by atoms with Crippen LogP contribution in [0.25, 0.3) is 5.69 Å². The predicted octanol–water partition coefficient (Wildman–Crippen LogP) is 2.87. The van der Waals surface area contributed by atoms with E-state index < -0.39 is 0 Å². The summed E-state index contributed by atoms with van der Waals surface area (Å²) in [6.07, 6.45) is 0. The third-order valence-electron chi connectivity index (χ3n) is 3.33. The van der Waals surface area contributed by atoms with Crippen LogP contribution in [0.3, 0.4) is 0 Å².